The zero-order valence-corrected chi connectivity index (χ0v) is 10.2. The van der Waals surface area contributed by atoms with Gasteiger partial charge in [0.15, 0.2) is 0 Å². The van der Waals surface area contributed by atoms with Crippen molar-refractivity contribution in [3.05, 3.63) is 29.3 Å². The molecule has 0 bridgehead atoms. The monoisotopic (exact) mass is 263 g/mol. The first-order valence-electron chi connectivity index (χ1n) is 5.39. The van der Waals surface area contributed by atoms with E-state index in [1.807, 2.05) is 0 Å². The number of alkyl halides is 3. The fraction of sp³-hybridized carbons (Fsp3) is 0.500. The molecule has 1 rings (SSSR count). The number of hydrogen-bond donors (Lipinski definition) is 2. The van der Waals surface area contributed by atoms with Crippen molar-refractivity contribution in [2.24, 2.45) is 5.73 Å². The summed E-state index contributed by atoms with van der Waals surface area (Å²) in [5.74, 6) is -0.304. The minimum atomic E-state index is -4.51. The molecule has 0 saturated heterocycles. The lowest BCUT2D eigenvalue weighted by Gasteiger charge is -2.20. The Morgan fingerprint density at radius 3 is 2.33 bits per heavy atom. The highest BCUT2D eigenvalue weighted by molar-refractivity contribution is 5.39. The van der Waals surface area contributed by atoms with Crippen LogP contribution in [0.5, 0.6) is 5.75 Å². The van der Waals surface area contributed by atoms with E-state index in [-0.39, 0.29) is 18.9 Å². The SMILES string of the molecule is CC(C)(O)COc1ccc(CN)cc1C(F)(F)F. The van der Waals surface area contributed by atoms with Gasteiger partial charge in [0.2, 0.25) is 0 Å². The van der Waals surface area contributed by atoms with E-state index in [4.69, 9.17) is 10.5 Å². The van der Waals surface area contributed by atoms with Gasteiger partial charge in [-0.2, -0.15) is 13.2 Å². The van der Waals surface area contributed by atoms with Gasteiger partial charge in [-0.15, -0.1) is 0 Å². The van der Waals surface area contributed by atoms with Gasteiger partial charge in [0.25, 0.3) is 0 Å². The summed E-state index contributed by atoms with van der Waals surface area (Å²) in [6, 6.07) is 3.64. The molecule has 6 heteroatoms. The van der Waals surface area contributed by atoms with Crippen LogP contribution in [0.1, 0.15) is 25.0 Å². The second-order valence-electron chi connectivity index (χ2n) is 4.63. The zero-order chi connectivity index (χ0) is 14.0. The van der Waals surface area contributed by atoms with Crippen molar-refractivity contribution >= 4 is 0 Å². The van der Waals surface area contributed by atoms with Gasteiger partial charge < -0.3 is 15.6 Å². The van der Waals surface area contributed by atoms with E-state index >= 15 is 0 Å². The van der Waals surface area contributed by atoms with Crippen LogP contribution in [0.15, 0.2) is 18.2 Å². The molecule has 18 heavy (non-hydrogen) atoms. The normalized spacial score (nSPS) is 12.6. The third-order valence-corrected chi connectivity index (χ3v) is 2.17. The second-order valence-corrected chi connectivity index (χ2v) is 4.63. The van der Waals surface area contributed by atoms with E-state index in [2.05, 4.69) is 0 Å². The standard InChI is InChI=1S/C12H16F3NO2/c1-11(2,17)7-18-10-4-3-8(6-16)5-9(10)12(13,14)15/h3-5,17H,6-7,16H2,1-2H3. The Hall–Kier alpha value is -1.27. The lowest BCUT2D eigenvalue weighted by atomic mass is 10.1. The number of nitrogens with two attached hydrogens (primary N) is 1. The van der Waals surface area contributed by atoms with Crippen molar-refractivity contribution in [3.63, 3.8) is 0 Å². The van der Waals surface area contributed by atoms with Gasteiger partial charge in [0, 0.05) is 6.54 Å². The Labute approximate surface area is 103 Å². The van der Waals surface area contributed by atoms with Crippen LogP contribution in [-0.4, -0.2) is 17.3 Å². The predicted octanol–water partition coefficient (Wildman–Crippen LogP) is 2.31. The van der Waals surface area contributed by atoms with E-state index < -0.39 is 17.3 Å². The van der Waals surface area contributed by atoms with Crippen molar-refractivity contribution in [2.45, 2.75) is 32.2 Å². The molecule has 1 aromatic rings. The Bertz CT molecular complexity index is 411. The molecule has 0 aromatic heterocycles. The quantitative estimate of drug-likeness (QED) is 0.876. The summed E-state index contributed by atoms with van der Waals surface area (Å²) in [7, 11) is 0. The lowest BCUT2D eigenvalue weighted by molar-refractivity contribution is -0.139. The van der Waals surface area contributed by atoms with Crippen molar-refractivity contribution in [1.82, 2.24) is 0 Å². The molecule has 0 aliphatic heterocycles. The number of aliphatic hydroxyl groups is 1. The summed E-state index contributed by atoms with van der Waals surface area (Å²) >= 11 is 0. The van der Waals surface area contributed by atoms with Crippen LogP contribution in [0.2, 0.25) is 0 Å². The number of halogens is 3. The Kier molecular flexibility index (Phi) is 4.24. The van der Waals surface area contributed by atoms with E-state index in [9.17, 15) is 18.3 Å². The largest absolute Gasteiger partial charge is 0.490 e. The topological polar surface area (TPSA) is 55.5 Å². The molecule has 1 aromatic carbocycles. The molecule has 3 nitrogen and oxygen atoms in total. The fourth-order valence-corrected chi connectivity index (χ4v) is 1.31. The van der Waals surface area contributed by atoms with Crippen molar-refractivity contribution in [1.29, 1.82) is 0 Å². The maximum atomic E-state index is 12.8. The Balaban J connectivity index is 3.03. The maximum absolute atomic E-state index is 12.8. The van der Waals surface area contributed by atoms with Crippen LogP contribution in [-0.2, 0) is 12.7 Å². The van der Waals surface area contributed by atoms with Gasteiger partial charge in [0.1, 0.15) is 12.4 Å². The van der Waals surface area contributed by atoms with Crippen molar-refractivity contribution in [2.75, 3.05) is 6.61 Å². The number of benzene rings is 1. The highest BCUT2D eigenvalue weighted by Crippen LogP contribution is 2.37. The molecular weight excluding hydrogens is 247 g/mol. The Morgan fingerprint density at radius 2 is 1.89 bits per heavy atom. The third-order valence-electron chi connectivity index (χ3n) is 2.17. The third kappa shape index (κ3) is 4.19. The van der Waals surface area contributed by atoms with Crippen LogP contribution in [0, 0.1) is 0 Å². The van der Waals surface area contributed by atoms with Crippen molar-refractivity contribution in [3.8, 4) is 5.75 Å². The summed E-state index contributed by atoms with van der Waals surface area (Å²) in [5, 5.41) is 9.45. The number of ether oxygens (including phenoxy) is 1. The Morgan fingerprint density at radius 1 is 1.28 bits per heavy atom. The first-order valence-corrected chi connectivity index (χ1v) is 5.39. The van der Waals surface area contributed by atoms with Gasteiger partial charge in [-0.25, -0.2) is 0 Å². The first-order chi connectivity index (χ1) is 8.13. The molecule has 102 valence electrons. The van der Waals surface area contributed by atoms with Crippen LogP contribution in [0.3, 0.4) is 0 Å². The minimum Gasteiger partial charge on any atom is -0.490 e. The van der Waals surface area contributed by atoms with Gasteiger partial charge in [-0.05, 0) is 31.5 Å². The zero-order valence-electron chi connectivity index (χ0n) is 10.2. The number of hydrogen-bond acceptors (Lipinski definition) is 3. The van der Waals surface area contributed by atoms with Crippen LogP contribution < -0.4 is 10.5 Å². The highest BCUT2D eigenvalue weighted by atomic mass is 19.4. The van der Waals surface area contributed by atoms with Crippen LogP contribution in [0.4, 0.5) is 13.2 Å². The van der Waals surface area contributed by atoms with Crippen LogP contribution in [0.25, 0.3) is 0 Å². The second kappa shape index (κ2) is 5.16. The molecule has 0 aliphatic carbocycles. The predicted molar refractivity (Wildman–Crippen MR) is 61.1 cm³/mol. The van der Waals surface area contributed by atoms with Gasteiger partial charge in [0.05, 0.1) is 11.2 Å². The summed E-state index contributed by atoms with van der Waals surface area (Å²) in [5.41, 5.74) is 3.60. The highest BCUT2D eigenvalue weighted by Gasteiger charge is 2.35. The van der Waals surface area contributed by atoms with E-state index in [0.29, 0.717) is 5.56 Å². The summed E-state index contributed by atoms with van der Waals surface area (Å²) in [6.45, 7) is 2.70. The molecule has 0 spiro atoms. The van der Waals surface area contributed by atoms with Crippen molar-refractivity contribution < 1.29 is 23.0 Å². The summed E-state index contributed by atoms with van der Waals surface area (Å²) < 4.78 is 43.4. The molecule has 0 amide bonds. The van der Waals surface area contributed by atoms with Gasteiger partial charge >= 0.3 is 6.18 Å². The average Bonchev–Trinajstić information content (AvgIpc) is 2.24. The van der Waals surface area contributed by atoms with Crippen LogP contribution >= 0.6 is 0 Å². The molecule has 0 radical (unpaired) electrons. The average molecular weight is 263 g/mol. The molecule has 0 atom stereocenters. The smallest absolute Gasteiger partial charge is 0.419 e. The van der Waals surface area contributed by atoms with E-state index in [0.717, 1.165) is 6.07 Å². The van der Waals surface area contributed by atoms with Gasteiger partial charge in [-0.3, -0.25) is 0 Å². The molecular formula is C12H16F3NO2. The molecule has 0 heterocycles. The lowest BCUT2D eigenvalue weighted by Crippen LogP contribution is -2.28. The van der Waals surface area contributed by atoms with Gasteiger partial charge in [-0.1, -0.05) is 6.07 Å². The fourth-order valence-electron chi connectivity index (χ4n) is 1.31. The first kappa shape index (κ1) is 14.8. The minimum absolute atomic E-state index is 0.0227. The molecule has 0 saturated carbocycles. The molecule has 0 aliphatic rings. The molecule has 3 N–H and O–H groups in total. The molecule has 0 unspecified atom stereocenters. The molecule has 0 fully saturated rings. The number of rotatable bonds is 4. The summed E-state index contributed by atoms with van der Waals surface area (Å²) in [4.78, 5) is 0. The summed E-state index contributed by atoms with van der Waals surface area (Å²) in [6.07, 6.45) is -4.51. The van der Waals surface area contributed by atoms with E-state index in [1.165, 1.54) is 26.0 Å². The maximum Gasteiger partial charge on any atom is 0.419 e. The van der Waals surface area contributed by atoms with E-state index in [1.54, 1.807) is 0 Å².